The van der Waals surface area contributed by atoms with Crippen LogP contribution in [0, 0.1) is 0 Å². The van der Waals surface area contributed by atoms with Crippen LogP contribution in [0.2, 0.25) is 0 Å². The van der Waals surface area contributed by atoms with Crippen molar-refractivity contribution < 1.29 is 19.1 Å². The van der Waals surface area contributed by atoms with Crippen molar-refractivity contribution in [3.8, 4) is 0 Å². The first-order valence-corrected chi connectivity index (χ1v) is 7.46. The molecule has 120 valence electrons. The van der Waals surface area contributed by atoms with E-state index in [1.807, 2.05) is 43.3 Å². The van der Waals surface area contributed by atoms with Crippen molar-refractivity contribution >= 4 is 11.9 Å². The van der Waals surface area contributed by atoms with Gasteiger partial charge in [0.05, 0.1) is 12.7 Å². The number of benzene rings is 2. The van der Waals surface area contributed by atoms with Gasteiger partial charge < -0.3 is 9.47 Å². The summed E-state index contributed by atoms with van der Waals surface area (Å²) in [5, 5.41) is 0. The summed E-state index contributed by atoms with van der Waals surface area (Å²) in [6, 6.07) is 18.2. The Kier molecular flexibility index (Phi) is 5.52. The molecule has 2 rings (SSSR count). The van der Waals surface area contributed by atoms with Crippen LogP contribution < -0.4 is 0 Å². The number of carbonyl (C=O) groups excluding carboxylic acids is 2. The zero-order valence-corrected chi connectivity index (χ0v) is 13.3. The maximum absolute atomic E-state index is 12.4. The maximum Gasteiger partial charge on any atom is 0.339 e. The number of ether oxygens (including phenoxy) is 2. The Morgan fingerprint density at radius 3 is 2.09 bits per heavy atom. The lowest BCUT2D eigenvalue weighted by atomic mass is 9.90. The van der Waals surface area contributed by atoms with E-state index in [0.717, 1.165) is 5.56 Å². The Morgan fingerprint density at radius 1 is 0.957 bits per heavy atom. The summed E-state index contributed by atoms with van der Waals surface area (Å²) in [6.07, 6.45) is 0.520. The molecule has 0 aliphatic rings. The molecule has 1 atom stereocenters. The molecule has 0 bridgehead atoms. The van der Waals surface area contributed by atoms with Gasteiger partial charge in [0.25, 0.3) is 0 Å². The predicted octanol–water partition coefficient (Wildman–Crippen LogP) is 3.71. The second-order valence-electron chi connectivity index (χ2n) is 5.43. The number of rotatable bonds is 6. The van der Waals surface area contributed by atoms with Crippen molar-refractivity contribution in [2.75, 3.05) is 7.11 Å². The van der Waals surface area contributed by atoms with E-state index in [2.05, 4.69) is 0 Å². The molecule has 0 saturated heterocycles. The number of carbonyl (C=O) groups is 2. The fourth-order valence-corrected chi connectivity index (χ4v) is 2.33. The van der Waals surface area contributed by atoms with Crippen molar-refractivity contribution in [2.24, 2.45) is 0 Å². The van der Waals surface area contributed by atoms with E-state index in [0.29, 0.717) is 12.0 Å². The molecule has 0 heterocycles. The molecule has 0 N–H and O–H groups in total. The fraction of sp³-hybridized carbons (Fsp3) is 0.263. The molecule has 4 nitrogen and oxygen atoms in total. The molecule has 0 fully saturated rings. The number of methoxy groups -OCH3 is 1. The Morgan fingerprint density at radius 2 is 1.52 bits per heavy atom. The molecule has 4 heteroatoms. The number of hydrogen-bond acceptors (Lipinski definition) is 4. The molecular formula is C19H20O4. The highest BCUT2D eigenvalue weighted by Gasteiger charge is 2.32. The van der Waals surface area contributed by atoms with E-state index >= 15 is 0 Å². The van der Waals surface area contributed by atoms with Crippen LogP contribution >= 0.6 is 0 Å². The van der Waals surface area contributed by atoms with E-state index < -0.39 is 11.6 Å². The first-order valence-electron chi connectivity index (χ1n) is 7.46. The summed E-state index contributed by atoms with van der Waals surface area (Å²) in [5.74, 6) is -0.746. The van der Waals surface area contributed by atoms with E-state index in [1.54, 1.807) is 24.3 Å². The minimum Gasteiger partial charge on any atom is -0.469 e. The Balaban J connectivity index is 2.23. The number of hydrogen-bond donors (Lipinski definition) is 0. The van der Waals surface area contributed by atoms with Gasteiger partial charge in [0, 0.05) is 12.8 Å². The minimum atomic E-state index is -0.900. The summed E-state index contributed by atoms with van der Waals surface area (Å²) >= 11 is 0. The van der Waals surface area contributed by atoms with Crippen molar-refractivity contribution in [3.63, 3.8) is 0 Å². The lowest BCUT2D eigenvalue weighted by molar-refractivity contribution is -0.142. The van der Waals surface area contributed by atoms with E-state index in [-0.39, 0.29) is 12.4 Å². The second-order valence-corrected chi connectivity index (χ2v) is 5.43. The van der Waals surface area contributed by atoms with Crippen molar-refractivity contribution in [2.45, 2.75) is 25.4 Å². The average Bonchev–Trinajstić information content (AvgIpc) is 2.61. The average molecular weight is 312 g/mol. The van der Waals surface area contributed by atoms with Gasteiger partial charge in [-0.05, 0) is 24.6 Å². The van der Waals surface area contributed by atoms with Crippen LogP contribution in [-0.4, -0.2) is 19.0 Å². The highest BCUT2D eigenvalue weighted by molar-refractivity contribution is 5.89. The molecule has 0 aliphatic heterocycles. The highest BCUT2D eigenvalue weighted by atomic mass is 16.6. The van der Waals surface area contributed by atoms with Gasteiger partial charge in [-0.3, -0.25) is 4.79 Å². The summed E-state index contributed by atoms with van der Waals surface area (Å²) in [6.45, 7) is 1.81. The smallest absolute Gasteiger partial charge is 0.339 e. The third kappa shape index (κ3) is 4.42. The van der Waals surface area contributed by atoms with Crippen molar-refractivity contribution in [1.82, 2.24) is 0 Å². The zero-order chi connectivity index (χ0) is 16.7. The van der Waals surface area contributed by atoms with Gasteiger partial charge in [0.1, 0.15) is 5.60 Å². The quantitative estimate of drug-likeness (QED) is 0.763. The molecule has 23 heavy (non-hydrogen) atoms. The van der Waals surface area contributed by atoms with Crippen LogP contribution in [0.3, 0.4) is 0 Å². The van der Waals surface area contributed by atoms with Gasteiger partial charge >= 0.3 is 11.9 Å². The third-order valence-electron chi connectivity index (χ3n) is 3.75. The van der Waals surface area contributed by atoms with E-state index in [1.165, 1.54) is 7.11 Å². The molecule has 0 aliphatic carbocycles. The first kappa shape index (κ1) is 16.7. The van der Waals surface area contributed by atoms with Crippen LogP contribution in [0.1, 0.15) is 35.7 Å². The topological polar surface area (TPSA) is 52.6 Å². The molecular weight excluding hydrogens is 292 g/mol. The second kappa shape index (κ2) is 7.58. The van der Waals surface area contributed by atoms with Crippen LogP contribution in [0.5, 0.6) is 0 Å². The molecule has 0 amide bonds. The van der Waals surface area contributed by atoms with Gasteiger partial charge in [0.15, 0.2) is 0 Å². The maximum atomic E-state index is 12.4. The normalized spacial score (nSPS) is 13.0. The molecule has 0 unspecified atom stereocenters. The highest BCUT2D eigenvalue weighted by Crippen LogP contribution is 2.31. The van der Waals surface area contributed by atoms with Gasteiger partial charge in [-0.2, -0.15) is 0 Å². The van der Waals surface area contributed by atoms with Crippen LogP contribution in [0.4, 0.5) is 0 Å². The molecule has 2 aromatic rings. The molecule has 0 saturated carbocycles. The minimum absolute atomic E-state index is 0.171. The molecule has 0 radical (unpaired) electrons. The van der Waals surface area contributed by atoms with Gasteiger partial charge in [0.2, 0.25) is 0 Å². The predicted molar refractivity (Wildman–Crippen MR) is 86.9 cm³/mol. The molecule has 0 spiro atoms. The number of esters is 2. The molecule has 2 aromatic carbocycles. The first-order chi connectivity index (χ1) is 11.0. The van der Waals surface area contributed by atoms with Gasteiger partial charge in [-0.15, -0.1) is 0 Å². The fourth-order valence-electron chi connectivity index (χ4n) is 2.33. The van der Waals surface area contributed by atoms with Crippen LogP contribution in [0.15, 0.2) is 60.7 Å². The van der Waals surface area contributed by atoms with Crippen LogP contribution in [0.25, 0.3) is 0 Å². The Bertz CT molecular complexity index is 652. The Labute approximate surface area is 136 Å². The monoisotopic (exact) mass is 312 g/mol. The zero-order valence-electron chi connectivity index (χ0n) is 13.3. The lowest BCUT2D eigenvalue weighted by Crippen LogP contribution is -2.30. The van der Waals surface area contributed by atoms with Gasteiger partial charge in [-0.25, -0.2) is 4.79 Å². The summed E-state index contributed by atoms with van der Waals surface area (Å²) < 4.78 is 10.4. The summed E-state index contributed by atoms with van der Waals surface area (Å²) in [7, 11) is 1.35. The van der Waals surface area contributed by atoms with E-state index in [4.69, 9.17) is 9.47 Å². The van der Waals surface area contributed by atoms with Crippen molar-refractivity contribution in [3.05, 3.63) is 71.8 Å². The SMILES string of the molecule is COC(=O)CC[C@](C)(OC(=O)c1ccccc1)c1ccccc1. The lowest BCUT2D eigenvalue weighted by Gasteiger charge is -2.30. The van der Waals surface area contributed by atoms with Gasteiger partial charge in [-0.1, -0.05) is 48.5 Å². The summed E-state index contributed by atoms with van der Waals surface area (Å²) in [5.41, 5.74) is 0.420. The van der Waals surface area contributed by atoms with Crippen LogP contribution in [-0.2, 0) is 19.9 Å². The third-order valence-corrected chi connectivity index (χ3v) is 3.75. The standard InChI is InChI=1S/C19H20O4/c1-19(14-13-17(20)22-2,16-11-7-4-8-12-16)23-18(21)15-9-5-3-6-10-15/h3-12H,13-14H2,1-2H3/t19-/m0/s1. The molecule has 0 aromatic heterocycles. The van der Waals surface area contributed by atoms with E-state index in [9.17, 15) is 9.59 Å². The van der Waals surface area contributed by atoms with Crippen molar-refractivity contribution in [1.29, 1.82) is 0 Å². The Hall–Kier alpha value is -2.62. The summed E-state index contributed by atoms with van der Waals surface area (Å²) in [4.78, 5) is 23.9. The largest absolute Gasteiger partial charge is 0.469 e.